The summed E-state index contributed by atoms with van der Waals surface area (Å²) in [4.78, 5) is 29.1. The summed E-state index contributed by atoms with van der Waals surface area (Å²) in [6, 6.07) is 12.3. The van der Waals surface area contributed by atoms with Gasteiger partial charge in [-0.3, -0.25) is 4.79 Å². The number of nitrogens with one attached hydrogen (secondary N) is 3. The topological polar surface area (TPSA) is 111 Å². The lowest BCUT2D eigenvalue weighted by atomic mass is 10.2. The third-order valence-electron chi connectivity index (χ3n) is 5.46. The van der Waals surface area contributed by atoms with Crippen molar-refractivity contribution in [2.75, 3.05) is 38.0 Å². The van der Waals surface area contributed by atoms with Crippen molar-refractivity contribution in [1.29, 1.82) is 0 Å². The lowest BCUT2D eigenvalue weighted by molar-refractivity contribution is -0.115. The predicted octanol–water partition coefficient (Wildman–Crippen LogP) is 4.31. The average molecular weight is 497 g/mol. The minimum Gasteiger partial charge on any atom is -0.493 e. The Kier molecular flexibility index (Phi) is 8.17. The molecule has 1 aromatic heterocycles. The molecule has 2 aromatic carbocycles. The van der Waals surface area contributed by atoms with Gasteiger partial charge in [-0.1, -0.05) is 0 Å². The van der Waals surface area contributed by atoms with Crippen molar-refractivity contribution in [3.05, 3.63) is 53.5 Å². The van der Waals surface area contributed by atoms with Gasteiger partial charge in [-0.2, -0.15) is 0 Å². The largest absolute Gasteiger partial charge is 0.493 e. The van der Waals surface area contributed by atoms with Crippen molar-refractivity contribution in [1.82, 2.24) is 10.3 Å². The number of amides is 3. The molecule has 1 aliphatic rings. The van der Waals surface area contributed by atoms with Crippen LogP contribution in [-0.2, 0) is 16.0 Å². The van der Waals surface area contributed by atoms with E-state index in [-0.39, 0.29) is 24.5 Å². The van der Waals surface area contributed by atoms with Crippen LogP contribution in [0.3, 0.4) is 0 Å². The van der Waals surface area contributed by atoms with Gasteiger partial charge in [0.25, 0.3) is 0 Å². The van der Waals surface area contributed by atoms with Gasteiger partial charge in [0.2, 0.25) is 5.91 Å². The minimum atomic E-state index is -0.286. The lowest BCUT2D eigenvalue weighted by Gasteiger charge is -2.12. The fraction of sp³-hybridized carbons (Fsp3) is 0.320. The fourth-order valence-corrected chi connectivity index (χ4v) is 4.50. The van der Waals surface area contributed by atoms with Crippen LogP contribution in [0.25, 0.3) is 10.6 Å². The molecule has 184 valence electrons. The van der Waals surface area contributed by atoms with Crippen LogP contribution in [0, 0.1) is 0 Å². The molecule has 1 aliphatic heterocycles. The molecule has 4 rings (SSSR count). The van der Waals surface area contributed by atoms with E-state index in [0.717, 1.165) is 30.0 Å². The molecule has 1 fully saturated rings. The zero-order valence-corrected chi connectivity index (χ0v) is 20.4. The lowest BCUT2D eigenvalue weighted by Crippen LogP contribution is -2.35. The molecule has 0 bridgehead atoms. The van der Waals surface area contributed by atoms with E-state index in [2.05, 4.69) is 20.9 Å². The summed E-state index contributed by atoms with van der Waals surface area (Å²) in [6.45, 7) is 1.24. The highest BCUT2D eigenvalue weighted by atomic mass is 32.1. The zero-order chi connectivity index (χ0) is 24.6. The van der Waals surface area contributed by atoms with Crippen LogP contribution in [0.15, 0.2) is 47.8 Å². The van der Waals surface area contributed by atoms with Gasteiger partial charge in [-0.15, -0.1) is 11.3 Å². The second kappa shape index (κ2) is 11.7. The van der Waals surface area contributed by atoms with Crippen molar-refractivity contribution in [3.8, 4) is 22.1 Å². The second-order valence-electron chi connectivity index (χ2n) is 7.99. The Balaban J connectivity index is 1.27. The van der Waals surface area contributed by atoms with Crippen molar-refractivity contribution >= 4 is 34.6 Å². The van der Waals surface area contributed by atoms with E-state index in [9.17, 15) is 9.59 Å². The number of anilines is 2. The van der Waals surface area contributed by atoms with Gasteiger partial charge in [-0.25, -0.2) is 9.78 Å². The smallest absolute Gasteiger partial charge is 0.319 e. The third-order valence-corrected chi connectivity index (χ3v) is 6.40. The number of benzene rings is 2. The van der Waals surface area contributed by atoms with E-state index < -0.39 is 0 Å². The molecule has 0 radical (unpaired) electrons. The number of carbonyl (C=O) groups is 2. The number of rotatable bonds is 9. The molecule has 10 heteroatoms. The summed E-state index contributed by atoms with van der Waals surface area (Å²) < 4.78 is 16.1. The monoisotopic (exact) mass is 496 g/mol. The molecule has 35 heavy (non-hydrogen) atoms. The number of methoxy groups -OCH3 is 2. The number of hydrogen-bond donors (Lipinski definition) is 3. The summed E-state index contributed by atoms with van der Waals surface area (Å²) in [5, 5.41) is 11.1. The molecule has 2 heterocycles. The zero-order valence-electron chi connectivity index (χ0n) is 19.6. The van der Waals surface area contributed by atoms with Crippen LogP contribution in [0.5, 0.6) is 11.5 Å². The van der Waals surface area contributed by atoms with Gasteiger partial charge in [0.05, 0.1) is 32.4 Å². The molecule has 0 aliphatic carbocycles. The Bertz CT molecular complexity index is 1160. The number of thiazole rings is 1. The normalized spacial score (nSPS) is 14.9. The summed E-state index contributed by atoms with van der Waals surface area (Å²) in [5.74, 6) is 1.09. The maximum atomic E-state index is 12.5. The van der Waals surface area contributed by atoms with Gasteiger partial charge in [0, 0.05) is 35.5 Å². The SMILES string of the molecule is COc1ccc(-c2nc(CC(=O)Nc3ccc(NC(=O)NCC4CCCO4)cc3)cs2)cc1OC. The van der Waals surface area contributed by atoms with Gasteiger partial charge in [0.15, 0.2) is 11.5 Å². The summed E-state index contributed by atoms with van der Waals surface area (Å²) in [7, 11) is 3.18. The Morgan fingerprint density at radius 2 is 1.80 bits per heavy atom. The Morgan fingerprint density at radius 1 is 1.06 bits per heavy atom. The van der Waals surface area contributed by atoms with E-state index in [4.69, 9.17) is 14.2 Å². The highest BCUT2D eigenvalue weighted by Gasteiger charge is 2.16. The molecule has 1 unspecified atom stereocenters. The number of urea groups is 1. The molecule has 3 aromatic rings. The molecule has 9 nitrogen and oxygen atoms in total. The third kappa shape index (κ3) is 6.71. The van der Waals surface area contributed by atoms with Crippen LogP contribution in [-0.4, -0.2) is 50.4 Å². The number of hydrogen-bond acceptors (Lipinski definition) is 7. The van der Waals surface area contributed by atoms with E-state index in [1.165, 1.54) is 11.3 Å². The van der Waals surface area contributed by atoms with Crippen LogP contribution >= 0.6 is 11.3 Å². The molecule has 1 saturated heterocycles. The summed E-state index contributed by atoms with van der Waals surface area (Å²) in [6.07, 6.45) is 2.23. The van der Waals surface area contributed by atoms with Gasteiger partial charge in [0.1, 0.15) is 5.01 Å². The highest BCUT2D eigenvalue weighted by Crippen LogP contribution is 2.33. The van der Waals surface area contributed by atoms with Gasteiger partial charge >= 0.3 is 6.03 Å². The number of aromatic nitrogens is 1. The minimum absolute atomic E-state index is 0.0890. The molecule has 0 saturated carbocycles. The van der Waals surface area contributed by atoms with Crippen molar-refractivity contribution < 1.29 is 23.8 Å². The number of nitrogens with zero attached hydrogens (tertiary/aromatic N) is 1. The Morgan fingerprint density at radius 3 is 2.49 bits per heavy atom. The van der Waals surface area contributed by atoms with Crippen LogP contribution in [0.1, 0.15) is 18.5 Å². The first-order chi connectivity index (χ1) is 17.0. The van der Waals surface area contributed by atoms with Gasteiger partial charge in [-0.05, 0) is 55.3 Å². The molecule has 0 spiro atoms. The van der Waals surface area contributed by atoms with E-state index in [1.807, 2.05) is 23.6 Å². The predicted molar refractivity (Wildman–Crippen MR) is 135 cm³/mol. The molecule has 3 amide bonds. The van der Waals surface area contributed by atoms with E-state index in [1.54, 1.807) is 38.5 Å². The van der Waals surface area contributed by atoms with Crippen LogP contribution in [0.2, 0.25) is 0 Å². The maximum absolute atomic E-state index is 12.5. The number of ether oxygens (including phenoxy) is 3. The standard InChI is InChI=1S/C25H28N4O5S/c1-32-21-10-5-16(12-22(21)33-2)24-28-19(15-35-24)13-23(30)27-17-6-8-18(9-7-17)29-25(31)26-14-20-4-3-11-34-20/h5-10,12,15,20H,3-4,11,13-14H2,1-2H3,(H,27,30)(H2,26,29,31). The molecular weight excluding hydrogens is 468 g/mol. The molecular formula is C25H28N4O5S. The van der Waals surface area contributed by atoms with E-state index >= 15 is 0 Å². The van der Waals surface area contributed by atoms with Crippen LogP contribution < -0.4 is 25.4 Å². The average Bonchev–Trinajstić information content (AvgIpc) is 3.56. The van der Waals surface area contributed by atoms with Crippen molar-refractivity contribution in [2.45, 2.75) is 25.4 Å². The van der Waals surface area contributed by atoms with Crippen LogP contribution in [0.4, 0.5) is 16.2 Å². The van der Waals surface area contributed by atoms with Gasteiger partial charge < -0.3 is 30.2 Å². The first-order valence-electron chi connectivity index (χ1n) is 11.3. The van der Waals surface area contributed by atoms with E-state index in [0.29, 0.717) is 35.1 Å². The molecule has 1 atom stereocenters. The highest BCUT2D eigenvalue weighted by molar-refractivity contribution is 7.13. The first kappa shape index (κ1) is 24.5. The Labute approximate surface area is 207 Å². The van der Waals surface area contributed by atoms with Crippen molar-refractivity contribution in [3.63, 3.8) is 0 Å². The Hall–Kier alpha value is -3.63. The summed E-state index contributed by atoms with van der Waals surface area (Å²) >= 11 is 1.46. The first-order valence-corrected chi connectivity index (χ1v) is 12.1. The molecule has 3 N–H and O–H groups in total. The maximum Gasteiger partial charge on any atom is 0.319 e. The fourth-order valence-electron chi connectivity index (χ4n) is 3.68. The number of carbonyl (C=O) groups excluding carboxylic acids is 2. The quantitative estimate of drug-likeness (QED) is 0.407. The second-order valence-corrected chi connectivity index (χ2v) is 8.84. The summed E-state index contributed by atoms with van der Waals surface area (Å²) in [5.41, 5.74) is 2.84. The van der Waals surface area contributed by atoms with Crippen molar-refractivity contribution in [2.24, 2.45) is 0 Å².